The highest BCUT2D eigenvalue weighted by Gasteiger charge is 2.29. The Labute approximate surface area is 131 Å². The van der Waals surface area contributed by atoms with Crippen LogP contribution in [-0.4, -0.2) is 30.5 Å². The van der Waals surface area contributed by atoms with Crippen molar-refractivity contribution in [1.29, 1.82) is 0 Å². The zero-order valence-corrected chi connectivity index (χ0v) is 12.7. The molecule has 1 heterocycles. The summed E-state index contributed by atoms with van der Waals surface area (Å²) in [5.41, 5.74) is 1.16. The Kier molecular flexibility index (Phi) is 4.39. The molecule has 1 aromatic carbocycles. The molecule has 0 spiro atoms. The van der Waals surface area contributed by atoms with Gasteiger partial charge in [-0.15, -0.1) is 10.2 Å². The van der Waals surface area contributed by atoms with E-state index < -0.39 is 4.92 Å². The van der Waals surface area contributed by atoms with Gasteiger partial charge in [-0.05, 0) is 24.8 Å². The predicted molar refractivity (Wildman–Crippen MR) is 81.7 cm³/mol. The summed E-state index contributed by atoms with van der Waals surface area (Å²) in [5.74, 6) is 1.44. The molecule has 0 unspecified atom stereocenters. The summed E-state index contributed by atoms with van der Waals surface area (Å²) in [6.07, 6.45) is 3.02. The lowest BCUT2D eigenvalue weighted by atomic mass is 10.1. The number of aryl methyl sites for hydroxylation is 1. The molecule has 8 heteroatoms. The van der Waals surface area contributed by atoms with Crippen LogP contribution < -0.4 is 0 Å². The number of aliphatic hydroxyl groups is 1. The van der Waals surface area contributed by atoms with E-state index in [2.05, 4.69) is 10.2 Å². The zero-order valence-electron chi connectivity index (χ0n) is 11.9. The molecule has 1 aliphatic rings. The molecule has 1 aromatic heterocycles. The fourth-order valence-corrected chi connectivity index (χ4v) is 3.27. The van der Waals surface area contributed by atoms with Gasteiger partial charge in [0.25, 0.3) is 5.69 Å². The third-order valence-corrected chi connectivity index (χ3v) is 4.50. The number of aliphatic hydroxyl groups excluding tert-OH is 1. The molecule has 1 aliphatic carbocycles. The van der Waals surface area contributed by atoms with Crippen molar-refractivity contribution in [2.24, 2.45) is 0 Å². The van der Waals surface area contributed by atoms with Crippen molar-refractivity contribution in [3.8, 4) is 0 Å². The van der Waals surface area contributed by atoms with Crippen LogP contribution in [0.4, 0.5) is 5.69 Å². The topological polar surface area (TPSA) is 94.1 Å². The first-order valence-electron chi connectivity index (χ1n) is 7.10. The van der Waals surface area contributed by atoms with Crippen LogP contribution in [0.1, 0.15) is 30.3 Å². The number of nitrogens with zero attached hydrogens (tertiary/aromatic N) is 4. The minimum absolute atomic E-state index is 0.0909. The molecule has 7 nitrogen and oxygen atoms in total. The first-order chi connectivity index (χ1) is 10.7. The second-order valence-electron chi connectivity index (χ2n) is 5.18. The molecular formula is C14H16N4O3S. The highest BCUT2D eigenvalue weighted by molar-refractivity contribution is 7.99. The van der Waals surface area contributed by atoms with Gasteiger partial charge < -0.3 is 9.67 Å². The summed E-state index contributed by atoms with van der Waals surface area (Å²) in [6.45, 7) is -0.0909. The third kappa shape index (κ3) is 3.28. The van der Waals surface area contributed by atoms with E-state index in [0.29, 0.717) is 11.9 Å². The molecule has 1 saturated carbocycles. The van der Waals surface area contributed by atoms with Crippen LogP contribution in [0.2, 0.25) is 0 Å². The monoisotopic (exact) mass is 320 g/mol. The number of nitro groups is 1. The first-order valence-corrected chi connectivity index (χ1v) is 8.08. The van der Waals surface area contributed by atoms with Gasteiger partial charge in [-0.2, -0.15) is 0 Å². The Morgan fingerprint density at radius 2 is 2.05 bits per heavy atom. The van der Waals surface area contributed by atoms with Crippen molar-refractivity contribution in [2.75, 3.05) is 5.75 Å². The summed E-state index contributed by atoms with van der Waals surface area (Å²) in [5, 5.41) is 28.9. The second kappa shape index (κ2) is 6.45. The Hall–Kier alpha value is -1.93. The van der Waals surface area contributed by atoms with Crippen molar-refractivity contribution in [3.63, 3.8) is 0 Å². The molecule has 0 aliphatic heterocycles. The fraction of sp³-hybridized carbons (Fsp3) is 0.429. The molecule has 1 N–H and O–H groups in total. The van der Waals surface area contributed by atoms with Crippen LogP contribution >= 0.6 is 11.8 Å². The quantitative estimate of drug-likeness (QED) is 0.478. The Morgan fingerprint density at radius 3 is 2.64 bits per heavy atom. The summed E-state index contributed by atoms with van der Waals surface area (Å²) >= 11 is 1.60. The standard InChI is InChI=1S/C14H16N4O3S/c19-9-13-15-16-14(17(13)11-5-6-11)22-8-7-10-1-3-12(4-2-10)18(20)21/h1-4,11,19H,5-9H2. The van der Waals surface area contributed by atoms with Crippen molar-refractivity contribution >= 4 is 17.4 Å². The smallest absolute Gasteiger partial charge is 0.269 e. The van der Waals surface area contributed by atoms with E-state index in [9.17, 15) is 15.2 Å². The van der Waals surface area contributed by atoms with Crippen LogP contribution in [0.25, 0.3) is 0 Å². The van der Waals surface area contributed by atoms with E-state index in [0.717, 1.165) is 35.7 Å². The molecule has 0 radical (unpaired) electrons. The van der Waals surface area contributed by atoms with Crippen LogP contribution in [0.3, 0.4) is 0 Å². The third-order valence-electron chi connectivity index (χ3n) is 3.56. The maximum atomic E-state index is 10.6. The number of hydrogen-bond acceptors (Lipinski definition) is 6. The summed E-state index contributed by atoms with van der Waals surface area (Å²) < 4.78 is 2.03. The minimum atomic E-state index is -0.396. The largest absolute Gasteiger partial charge is 0.388 e. The number of rotatable bonds is 7. The zero-order chi connectivity index (χ0) is 15.5. The average molecular weight is 320 g/mol. The molecule has 0 atom stereocenters. The van der Waals surface area contributed by atoms with Crippen molar-refractivity contribution in [3.05, 3.63) is 45.8 Å². The fourth-order valence-electron chi connectivity index (χ4n) is 2.26. The van der Waals surface area contributed by atoms with Gasteiger partial charge in [0.15, 0.2) is 11.0 Å². The molecule has 116 valence electrons. The lowest BCUT2D eigenvalue weighted by Gasteiger charge is -2.07. The van der Waals surface area contributed by atoms with Gasteiger partial charge in [0.05, 0.1) is 4.92 Å². The van der Waals surface area contributed by atoms with E-state index in [1.165, 1.54) is 12.1 Å². The molecular weight excluding hydrogens is 304 g/mol. The number of thioether (sulfide) groups is 1. The number of aromatic nitrogens is 3. The molecule has 3 rings (SSSR count). The van der Waals surface area contributed by atoms with Gasteiger partial charge in [-0.1, -0.05) is 23.9 Å². The van der Waals surface area contributed by atoms with E-state index in [1.54, 1.807) is 23.9 Å². The summed E-state index contributed by atoms with van der Waals surface area (Å²) in [6, 6.07) is 7.04. The van der Waals surface area contributed by atoms with E-state index in [4.69, 9.17) is 0 Å². The van der Waals surface area contributed by atoms with Crippen LogP contribution in [0, 0.1) is 10.1 Å². The normalized spacial score (nSPS) is 14.2. The minimum Gasteiger partial charge on any atom is -0.388 e. The molecule has 0 bridgehead atoms. The van der Waals surface area contributed by atoms with Crippen molar-refractivity contribution < 1.29 is 10.0 Å². The van der Waals surface area contributed by atoms with Crippen molar-refractivity contribution in [2.45, 2.75) is 37.1 Å². The van der Waals surface area contributed by atoms with E-state index in [-0.39, 0.29) is 12.3 Å². The average Bonchev–Trinajstić information content (AvgIpc) is 3.28. The van der Waals surface area contributed by atoms with Gasteiger partial charge in [0, 0.05) is 23.9 Å². The van der Waals surface area contributed by atoms with E-state index in [1.807, 2.05) is 4.57 Å². The lowest BCUT2D eigenvalue weighted by Crippen LogP contribution is -2.03. The van der Waals surface area contributed by atoms with Gasteiger partial charge in [-0.25, -0.2) is 0 Å². The maximum absolute atomic E-state index is 10.6. The Bertz CT molecular complexity index is 667. The molecule has 2 aromatic rings. The Balaban J connectivity index is 1.59. The summed E-state index contributed by atoms with van der Waals surface area (Å²) in [4.78, 5) is 10.2. The number of non-ortho nitro benzene ring substituents is 1. The van der Waals surface area contributed by atoms with Gasteiger partial charge in [0.2, 0.25) is 0 Å². The highest BCUT2D eigenvalue weighted by atomic mass is 32.2. The molecule has 0 amide bonds. The van der Waals surface area contributed by atoms with Gasteiger partial charge in [0.1, 0.15) is 6.61 Å². The van der Waals surface area contributed by atoms with Gasteiger partial charge >= 0.3 is 0 Å². The van der Waals surface area contributed by atoms with Crippen LogP contribution in [-0.2, 0) is 13.0 Å². The highest BCUT2D eigenvalue weighted by Crippen LogP contribution is 2.38. The number of benzene rings is 1. The predicted octanol–water partition coefficient (Wildman–Crippen LogP) is 2.35. The van der Waals surface area contributed by atoms with Crippen LogP contribution in [0.5, 0.6) is 0 Å². The second-order valence-corrected chi connectivity index (χ2v) is 6.24. The van der Waals surface area contributed by atoms with Crippen LogP contribution in [0.15, 0.2) is 29.4 Å². The molecule has 0 saturated heterocycles. The molecule has 22 heavy (non-hydrogen) atoms. The summed E-state index contributed by atoms with van der Waals surface area (Å²) in [7, 11) is 0. The lowest BCUT2D eigenvalue weighted by molar-refractivity contribution is -0.384. The van der Waals surface area contributed by atoms with Crippen molar-refractivity contribution in [1.82, 2.24) is 14.8 Å². The number of hydrogen-bond donors (Lipinski definition) is 1. The molecule has 1 fully saturated rings. The van der Waals surface area contributed by atoms with E-state index >= 15 is 0 Å². The first kappa shape index (κ1) is 15.0. The van der Waals surface area contributed by atoms with Gasteiger partial charge in [-0.3, -0.25) is 10.1 Å². The Morgan fingerprint density at radius 1 is 1.32 bits per heavy atom. The maximum Gasteiger partial charge on any atom is 0.269 e. The SMILES string of the molecule is O=[N+]([O-])c1ccc(CCSc2nnc(CO)n2C2CC2)cc1. The number of nitro benzene ring substituents is 1.